The summed E-state index contributed by atoms with van der Waals surface area (Å²) in [4.78, 5) is 23.0. The van der Waals surface area contributed by atoms with E-state index in [2.05, 4.69) is 10.2 Å². The maximum atomic E-state index is 10.7. The molecule has 8 heteroatoms. The van der Waals surface area contributed by atoms with Crippen molar-refractivity contribution in [1.82, 2.24) is 10.2 Å². The maximum Gasteiger partial charge on any atom is 0.305 e. The van der Waals surface area contributed by atoms with Gasteiger partial charge in [0.05, 0.1) is 6.42 Å². The predicted molar refractivity (Wildman–Crippen MR) is 75.3 cm³/mol. The van der Waals surface area contributed by atoms with Gasteiger partial charge in [0.1, 0.15) is 5.01 Å². The van der Waals surface area contributed by atoms with Gasteiger partial charge in [-0.15, -0.1) is 10.2 Å². The number of hydrogen-bond donors (Lipinski definition) is 2. The molecule has 1 rings (SSSR count). The fourth-order valence-electron chi connectivity index (χ4n) is 1.54. The maximum absolute atomic E-state index is 10.7. The molecule has 0 aliphatic carbocycles. The summed E-state index contributed by atoms with van der Waals surface area (Å²) in [7, 11) is 0. The molecule has 7 nitrogen and oxygen atoms in total. The van der Waals surface area contributed by atoms with Crippen LogP contribution in [0.25, 0.3) is 0 Å². The van der Waals surface area contributed by atoms with Crippen molar-refractivity contribution in [2.45, 2.75) is 39.0 Å². The van der Waals surface area contributed by atoms with Gasteiger partial charge in [0, 0.05) is 25.4 Å². The largest absolute Gasteiger partial charge is 0.481 e. The molecule has 0 amide bonds. The van der Waals surface area contributed by atoms with Crippen molar-refractivity contribution in [2.75, 3.05) is 18.0 Å². The lowest BCUT2D eigenvalue weighted by molar-refractivity contribution is -0.138. The molecule has 0 spiro atoms. The summed E-state index contributed by atoms with van der Waals surface area (Å²) in [5.74, 6) is -1.48. The van der Waals surface area contributed by atoms with Gasteiger partial charge < -0.3 is 15.1 Å². The highest BCUT2D eigenvalue weighted by atomic mass is 32.1. The summed E-state index contributed by atoms with van der Waals surface area (Å²) < 4.78 is 0. The normalized spacial score (nSPS) is 10.8. The number of carboxylic acids is 2. The fourth-order valence-corrected chi connectivity index (χ4v) is 2.44. The third-order valence-corrected chi connectivity index (χ3v) is 3.89. The van der Waals surface area contributed by atoms with Gasteiger partial charge in [-0.2, -0.15) is 0 Å². The van der Waals surface area contributed by atoms with Gasteiger partial charge in [-0.1, -0.05) is 25.2 Å². The van der Waals surface area contributed by atoms with Crippen molar-refractivity contribution >= 4 is 28.4 Å². The molecular weight excluding hydrogens is 282 g/mol. The van der Waals surface area contributed by atoms with Crippen LogP contribution in [0.2, 0.25) is 0 Å². The van der Waals surface area contributed by atoms with E-state index in [0.717, 1.165) is 5.01 Å². The zero-order valence-corrected chi connectivity index (χ0v) is 12.4. The second-order valence-electron chi connectivity index (χ2n) is 4.71. The first kappa shape index (κ1) is 16.4. The first-order chi connectivity index (χ1) is 9.40. The van der Waals surface area contributed by atoms with Crippen LogP contribution in [0.3, 0.4) is 0 Å². The second kappa shape index (κ2) is 7.78. The van der Waals surface area contributed by atoms with Crippen molar-refractivity contribution in [3.05, 3.63) is 5.01 Å². The topological polar surface area (TPSA) is 104 Å². The zero-order chi connectivity index (χ0) is 15.1. The van der Waals surface area contributed by atoms with E-state index in [-0.39, 0.29) is 18.8 Å². The molecule has 0 bridgehead atoms. The van der Waals surface area contributed by atoms with E-state index in [4.69, 9.17) is 10.2 Å². The molecule has 1 aromatic rings. The Hall–Kier alpha value is -1.70. The SMILES string of the molecule is CC(C)c1nnc(N(CCCC(=O)O)CCC(=O)O)s1. The molecule has 2 N–H and O–H groups in total. The Morgan fingerprint density at radius 3 is 2.30 bits per heavy atom. The van der Waals surface area contributed by atoms with Crippen LogP contribution in [0, 0.1) is 0 Å². The van der Waals surface area contributed by atoms with Crippen molar-refractivity contribution in [3.63, 3.8) is 0 Å². The van der Waals surface area contributed by atoms with Gasteiger partial charge in [0.15, 0.2) is 0 Å². The Balaban J connectivity index is 2.68. The third-order valence-electron chi connectivity index (χ3n) is 2.61. The zero-order valence-electron chi connectivity index (χ0n) is 11.6. The number of carboxylic acid groups (broad SMARTS) is 2. The summed E-state index contributed by atoms with van der Waals surface area (Å²) in [6.07, 6.45) is 0.495. The quantitative estimate of drug-likeness (QED) is 0.716. The molecule has 0 saturated heterocycles. The molecule has 0 aromatic carbocycles. The lowest BCUT2D eigenvalue weighted by Gasteiger charge is -2.19. The van der Waals surface area contributed by atoms with E-state index in [1.165, 1.54) is 11.3 Å². The van der Waals surface area contributed by atoms with Gasteiger partial charge in [0.2, 0.25) is 5.13 Å². The second-order valence-corrected chi connectivity index (χ2v) is 5.69. The highest BCUT2D eigenvalue weighted by Gasteiger charge is 2.15. The van der Waals surface area contributed by atoms with Crippen LogP contribution in [-0.4, -0.2) is 45.4 Å². The molecule has 20 heavy (non-hydrogen) atoms. The minimum atomic E-state index is -0.887. The standard InChI is InChI=1S/C12H19N3O4S/c1-8(2)11-13-14-12(20-11)15(7-5-10(18)19)6-3-4-9(16)17/h8H,3-7H2,1-2H3,(H,16,17)(H,18,19). The van der Waals surface area contributed by atoms with Crippen LogP contribution in [0.4, 0.5) is 5.13 Å². The first-order valence-electron chi connectivity index (χ1n) is 6.42. The summed E-state index contributed by atoms with van der Waals surface area (Å²) in [6, 6.07) is 0. The van der Waals surface area contributed by atoms with Crippen LogP contribution < -0.4 is 4.90 Å². The molecule has 0 saturated carbocycles. The van der Waals surface area contributed by atoms with Gasteiger partial charge in [-0.3, -0.25) is 9.59 Å². The first-order valence-corrected chi connectivity index (χ1v) is 7.23. The smallest absolute Gasteiger partial charge is 0.305 e. The molecule has 0 aliphatic rings. The molecule has 1 heterocycles. The van der Waals surface area contributed by atoms with Crippen LogP contribution >= 0.6 is 11.3 Å². The summed E-state index contributed by atoms with van der Waals surface area (Å²) >= 11 is 1.42. The molecule has 0 unspecified atom stereocenters. The third kappa shape index (κ3) is 5.52. The fraction of sp³-hybridized carbons (Fsp3) is 0.667. The van der Waals surface area contributed by atoms with Crippen LogP contribution in [0.15, 0.2) is 0 Å². The minimum Gasteiger partial charge on any atom is -0.481 e. The molecule has 0 fully saturated rings. The van der Waals surface area contributed by atoms with Crippen molar-refractivity contribution in [1.29, 1.82) is 0 Å². The van der Waals surface area contributed by atoms with Gasteiger partial charge >= 0.3 is 11.9 Å². The molecule has 0 radical (unpaired) electrons. The average molecular weight is 301 g/mol. The molecule has 0 aliphatic heterocycles. The molecule has 112 valence electrons. The van der Waals surface area contributed by atoms with Crippen molar-refractivity contribution < 1.29 is 19.8 Å². The van der Waals surface area contributed by atoms with Crippen molar-refractivity contribution in [3.8, 4) is 0 Å². The summed E-state index contributed by atoms with van der Waals surface area (Å²) in [5.41, 5.74) is 0. The van der Waals surface area contributed by atoms with Gasteiger partial charge in [-0.05, 0) is 6.42 Å². The Labute approximate surface area is 121 Å². The van der Waals surface area contributed by atoms with Crippen LogP contribution in [0.1, 0.15) is 44.0 Å². The predicted octanol–water partition coefficient (Wildman–Crippen LogP) is 1.81. The number of carbonyl (C=O) groups is 2. The number of rotatable bonds is 9. The highest BCUT2D eigenvalue weighted by Crippen LogP contribution is 2.25. The molecule has 1 aromatic heterocycles. The number of nitrogens with zero attached hydrogens (tertiary/aromatic N) is 3. The molecular formula is C12H19N3O4S. The lowest BCUT2D eigenvalue weighted by Crippen LogP contribution is -2.27. The Morgan fingerprint density at radius 1 is 1.15 bits per heavy atom. The molecule has 0 atom stereocenters. The minimum absolute atomic E-state index is 0.0103. The van der Waals surface area contributed by atoms with E-state index >= 15 is 0 Å². The monoisotopic (exact) mass is 301 g/mol. The highest BCUT2D eigenvalue weighted by molar-refractivity contribution is 7.15. The number of aromatic nitrogens is 2. The number of hydrogen-bond acceptors (Lipinski definition) is 6. The van der Waals surface area contributed by atoms with E-state index in [1.54, 1.807) is 4.90 Å². The van der Waals surface area contributed by atoms with Crippen LogP contribution in [0.5, 0.6) is 0 Å². The van der Waals surface area contributed by atoms with E-state index in [1.807, 2.05) is 13.8 Å². The Morgan fingerprint density at radius 2 is 1.80 bits per heavy atom. The Kier molecular flexibility index (Phi) is 6.37. The van der Waals surface area contributed by atoms with Gasteiger partial charge in [-0.25, -0.2) is 0 Å². The van der Waals surface area contributed by atoms with Crippen LogP contribution in [-0.2, 0) is 9.59 Å². The summed E-state index contributed by atoms with van der Waals surface area (Å²) in [6.45, 7) is 4.79. The Bertz CT molecular complexity index is 461. The lowest BCUT2D eigenvalue weighted by atomic mass is 10.2. The van der Waals surface area contributed by atoms with E-state index in [0.29, 0.717) is 24.6 Å². The average Bonchev–Trinajstić information content (AvgIpc) is 2.82. The van der Waals surface area contributed by atoms with E-state index in [9.17, 15) is 9.59 Å². The van der Waals surface area contributed by atoms with Crippen molar-refractivity contribution in [2.24, 2.45) is 0 Å². The number of aliphatic carboxylic acids is 2. The number of anilines is 1. The van der Waals surface area contributed by atoms with Gasteiger partial charge in [0.25, 0.3) is 0 Å². The van der Waals surface area contributed by atoms with E-state index < -0.39 is 11.9 Å². The summed E-state index contributed by atoms with van der Waals surface area (Å²) in [5, 5.41) is 27.1.